The topological polar surface area (TPSA) is 128 Å². The average Bonchev–Trinajstić information content (AvgIpc) is 2.76. The number of carbonyl (C=O) groups excluding carboxylic acids is 1. The number of carbonyl (C=O) groups is 1. The first-order valence-electron chi connectivity index (χ1n) is 6.21. The second kappa shape index (κ2) is 7.26. The lowest BCUT2D eigenvalue weighted by molar-refractivity contribution is 0.0897. The first-order chi connectivity index (χ1) is 9.07. The third-order valence-corrected chi connectivity index (χ3v) is 3.62. The highest BCUT2D eigenvalue weighted by Crippen LogP contribution is 2.18. The molecule has 0 aromatic carbocycles. The van der Waals surface area contributed by atoms with Gasteiger partial charge in [0.25, 0.3) is 15.9 Å². The number of amides is 1. The highest BCUT2D eigenvalue weighted by atomic mass is 35.5. The molecule has 0 fully saturated rings. The molecule has 0 radical (unpaired) electrons. The van der Waals surface area contributed by atoms with Crippen molar-refractivity contribution in [1.82, 2.24) is 5.32 Å². The quantitative estimate of drug-likeness (QED) is 0.707. The highest BCUT2D eigenvalue weighted by Gasteiger charge is 2.27. The number of sulfonamides is 1. The lowest BCUT2D eigenvalue weighted by Gasteiger charge is -2.31. The number of furan rings is 1. The van der Waals surface area contributed by atoms with Crippen LogP contribution in [0.25, 0.3) is 0 Å². The van der Waals surface area contributed by atoms with Crippen LogP contribution in [0.5, 0.6) is 0 Å². The number of rotatable bonds is 6. The van der Waals surface area contributed by atoms with E-state index in [2.05, 4.69) is 5.32 Å². The zero-order valence-electron chi connectivity index (χ0n) is 12.3. The van der Waals surface area contributed by atoms with Gasteiger partial charge in [0.2, 0.25) is 5.09 Å². The molecular formula is C12H22ClN3O4S. The van der Waals surface area contributed by atoms with E-state index < -0.39 is 26.6 Å². The van der Waals surface area contributed by atoms with E-state index in [-0.39, 0.29) is 24.5 Å². The number of hydrogen-bond donors (Lipinski definition) is 3. The van der Waals surface area contributed by atoms with Gasteiger partial charge in [0, 0.05) is 18.2 Å². The smallest absolute Gasteiger partial charge is 0.271 e. The standard InChI is InChI=1S/C12H21N3O4S.ClH/c1-8(2)5-12(3,7-13)15-11(16)9-4-10(19-6-9)20(14,17)18;/h4,6,8H,5,7,13H2,1-3H3,(H,15,16)(H2,14,17,18);1H. The molecule has 0 saturated carbocycles. The summed E-state index contributed by atoms with van der Waals surface area (Å²) in [6.07, 6.45) is 1.76. The van der Waals surface area contributed by atoms with Crippen LogP contribution >= 0.6 is 12.4 Å². The molecule has 1 heterocycles. The Hall–Kier alpha value is -1.09. The summed E-state index contributed by atoms with van der Waals surface area (Å²) in [5.41, 5.74) is 5.23. The fraction of sp³-hybridized carbons (Fsp3) is 0.583. The molecule has 1 unspecified atom stereocenters. The lowest BCUT2D eigenvalue weighted by atomic mass is 9.90. The van der Waals surface area contributed by atoms with Gasteiger partial charge in [-0.05, 0) is 19.3 Å². The average molecular weight is 340 g/mol. The molecule has 7 nitrogen and oxygen atoms in total. The molecule has 0 aliphatic carbocycles. The largest absolute Gasteiger partial charge is 0.451 e. The summed E-state index contributed by atoms with van der Waals surface area (Å²) < 4.78 is 27.0. The van der Waals surface area contributed by atoms with Crippen LogP contribution in [0.1, 0.15) is 37.6 Å². The fourth-order valence-electron chi connectivity index (χ4n) is 2.02. The van der Waals surface area contributed by atoms with Gasteiger partial charge in [-0.3, -0.25) is 4.79 Å². The van der Waals surface area contributed by atoms with Gasteiger partial charge >= 0.3 is 0 Å². The van der Waals surface area contributed by atoms with Gasteiger partial charge in [0.1, 0.15) is 6.26 Å². The van der Waals surface area contributed by atoms with E-state index in [4.69, 9.17) is 15.3 Å². The van der Waals surface area contributed by atoms with E-state index in [9.17, 15) is 13.2 Å². The van der Waals surface area contributed by atoms with Gasteiger partial charge in [0.05, 0.1) is 5.56 Å². The monoisotopic (exact) mass is 339 g/mol. The predicted molar refractivity (Wildman–Crippen MR) is 81.7 cm³/mol. The van der Waals surface area contributed by atoms with Crippen molar-refractivity contribution in [1.29, 1.82) is 0 Å². The molecule has 0 bridgehead atoms. The van der Waals surface area contributed by atoms with Gasteiger partial charge in [-0.1, -0.05) is 13.8 Å². The Bertz CT molecular complexity index is 585. The van der Waals surface area contributed by atoms with Gasteiger partial charge < -0.3 is 15.5 Å². The summed E-state index contributed by atoms with van der Waals surface area (Å²) in [6, 6.07) is 1.09. The van der Waals surface area contributed by atoms with E-state index >= 15 is 0 Å². The first kappa shape index (κ1) is 19.9. The first-order valence-corrected chi connectivity index (χ1v) is 7.76. The minimum Gasteiger partial charge on any atom is -0.451 e. The predicted octanol–water partition coefficient (Wildman–Crippen LogP) is 0.842. The Balaban J connectivity index is 0.00000400. The number of nitrogens with one attached hydrogen (secondary N) is 1. The number of nitrogens with two attached hydrogens (primary N) is 2. The van der Waals surface area contributed by atoms with Crippen molar-refractivity contribution in [2.24, 2.45) is 16.8 Å². The molecule has 5 N–H and O–H groups in total. The van der Waals surface area contributed by atoms with E-state index in [0.717, 1.165) is 12.3 Å². The Labute approximate surface area is 130 Å². The molecule has 0 saturated heterocycles. The van der Waals surface area contributed by atoms with Gasteiger partial charge in [-0.25, -0.2) is 13.6 Å². The van der Waals surface area contributed by atoms with Crippen molar-refractivity contribution in [3.05, 3.63) is 17.9 Å². The zero-order valence-corrected chi connectivity index (χ0v) is 13.9. The van der Waals surface area contributed by atoms with Crippen LogP contribution in [0.2, 0.25) is 0 Å². The Kier molecular flexibility index (Phi) is 6.88. The van der Waals surface area contributed by atoms with E-state index in [1.54, 1.807) is 0 Å². The maximum absolute atomic E-state index is 12.1. The lowest BCUT2D eigenvalue weighted by Crippen LogP contribution is -2.52. The summed E-state index contributed by atoms with van der Waals surface area (Å²) in [5.74, 6) is -0.0922. The van der Waals surface area contributed by atoms with Crippen LogP contribution in [0.4, 0.5) is 0 Å². The Morgan fingerprint density at radius 3 is 2.43 bits per heavy atom. The third-order valence-electron chi connectivity index (χ3n) is 2.84. The normalized spacial score (nSPS) is 14.4. The van der Waals surface area contributed by atoms with Crippen molar-refractivity contribution < 1.29 is 17.6 Å². The van der Waals surface area contributed by atoms with Crippen molar-refractivity contribution in [3.8, 4) is 0 Å². The van der Waals surface area contributed by atoms with Crippen LogP contribution in [0.3, 0.4) is 0 Å². The fourth-order valence-corrected chi connectivity index (χ4v) is 2.49. The van der Waals surface area contributed by atoms with Crippen LogP contribution < -0.4 is 16.2 Å². The summed E-state index contributed by atoms with van der Waals surface area (Å²) in [7, 11) is -3.96. The summed E-state index contributed by atoms with van der Waals surface area (Å²) in [6.45, 7) is 6.16. The highest BCUT2D eigenvalue weighted by molar-refractivity contribution is 7.89. The third kappa shape index (κ3) is 5.66. The SMILES string of the molecule is CC(C)CC(C)(CN)NC(=O)c1coc(S(N)(=O)=O)c1.Cl. The van der Waals surface area contributed by atoms with E-state index in [1.165, 1.54) is 0 Å². The van der Waals surface area contributed by atoms with Gasteiger partial charge in [-0.15, -0.1) is 12.4 Å². The molecule has 0 aliphatic heterocycles. The molecule has 0 aliphatic rings. The van der Waals surface area contributed by atoms with Crippen LogP contribution in [0, 0.1) is 5.92 Å². The minimum absolute atomic E-state index is 0. The molecule has 1 amide bonds. The maximum atomic E-state index is 12.1. The second-order valence-electron chi connectivity index (χ2n) is 5.52. The van der Waals surface area contributed by atoms with E-state index in [0.29, 0.717) is 12.3 Å². The number of halogens is 1. The zero-order chi connectivity index (χ0) is 15.6. The Morgan fingerprint density at radius 2 is 2.05 bits per heavy atom. The number of hydrogen-bond acceptors (Lipinski definition) is 5. The van der Waals surface area contributed by atoms with Crippen molar-refractivity contribution in [2.75, 3.05) is 6.54 Å². The van der Waals surface area contributed by atoms with Crippen molar-refractivity contribution in [2.45, 2.75) is 37.8 Å². The van der Waals surface area contributed by atoms with Crippen LogP contribution in [0.15, 0.2) is 21.8 Å². The van der Waals surface area contributed by atoms with Crippen molar-refractivity contribution in [3.63, 3.8) is 0 Å². The summed E-state index contributed by atoms with van der Waals surface area (Å²) in [5, 5.41) is 7.27. The second-order valence-corrected chi connectivity index (χ2v) is 7.01. The molecule has 1 atom stereocenters. The van der Waals surface area contributed by atoms with Crippen LogP contribution in [-0.2, 0) is 10.0 Å². The molecule has 1 aromatic heterocycles. The molecule has 0 spiro atoms. The molecule has 1 rings (SSSR count). The van der Waals surface area contributed by atoms with Gasteiger partial charge in [-0.2, -0.15) is 0 Å². The summed E-state index contributed by atoms with van der Waals surface area (Å²) >= 11 is 0. The number of primary sulfonamides is 1. The molecule has 21 heavy (non-hydrogen) atoms. The van der Waals surface area contributed by atoms with Crippen LogP contribution in [-0.4, -0.2) is 26.4 Å². The van der Waals surface area contributed by atoms with E-state index in [1.807, 2.05) is 20.8 Å². The molecular weight excluding hydrogens is 318 g/mol. The molecule has 9 heteroatoms. The maximum Gasteiger partial charge on any atom is 0.271 e. The minimum atomic E-state index is -3.96. The Morgan fingerprint density at radius 1 is 1.48 bits per heavy atom. The molecule has 1 aromatic rings. The molecule has 122 valence electrons. The summed E-state index contributed by atoms with van der Waals surface area (Å²) in [4.78, 5) is 12.1. The van der Waals surface area contributed by atoms with Crippen molar-refractivity contribution >= 4 is 28.3 Å². The van der Waals surface area contributed by atoms with Gasteiger partial charge in [0.15, 0.2) is 0 Å².